The number of fused-ring (bicyclic) bond motifs is 7. The standard InChI is InChI=1S/C30H36ClN5O3S/c31-24-3-5-27-23(16-24)2-1-10-30(27)20-35-19-22-7-12-34(18-22)13-8-25-9-14-36(33-25)15-11-32-40(37,38)26-4-6-29(39-21-30)28(35)17-26/h3-6,9,14,16-17,22,32H,1-2,7-8,10-13,15,18-21H2/t22?,30-/m0/s1. The van der Waals surface area contributed by atoms with Gasteiger partial charge in [0.25, 0.3) is 0 Å². The molecule has 0 amide bonds. The Balaban J connectivity index is 1.27. The van der Waals surface area contributed by atoms with Crippen LogP contribution in [0.15, 0.2) is 53.6 Å². The second kappa shape index (κ2) is 10.4. The summed E-state index contributed by atoms with van der Waals surface area (Å²) in [5.74, 6) is 1.25. The van der Waals surface area contributed by atoms with Crippen molar-refractivity contribution < 1.29 is 13.2 Å². The van der Waals surface area contributed by atoms with E-state index in [0.717, 1.165) is 87.0 Å². The minimum atomic E-state index is -3.70. The molecule has 2 unspecified atom stereocenters. The van der Waals surface area contributed by atoms with Gasteiger partial charge in [0.15, 0.2) is 0 Å². The van der Waals surface area contributed by atoms with Crippen LogP contribution in [0.5, 0.6) is 5.75 Å². The molecule has 212 valence electrons. The van der Waals surface area contributed by atoms with Crippen LogP contribution in [0.2, 0.25) is 5.02 Å². The summed E-state index contributed by atoms with van der Waals surface area (Å²) in [6, 6.07) is 13.7. The zero-order chi connectivity index (χ0) is 27.3. The molecule has 7 rings (SSSR count). The van der Waals surface area contributed by atoms with Gasteiger partial charge in [0.2, 0.25) is 10.0 Å². The van der Waals surface area contributed by atoms with E-state index in [1.807, 2.05) is 35.1 Å². The predicted octanol–water partition coefficient (Wildman–Crippen LogP) is 3.87. The maximum absolute atomic E-state index is 13.4. The van der Waals surface area contributed by atoms with Crippen LogP contribution in [0.1, 0.15) is 36.1 Å². The Hall–Kier alpha value is -2.59. The second-order valence-corrected chi connectivity index (χ2v) is 14.1. The fourth-order valence-electron chi connectivity index (χ4n) is 7.15. The molecule has 2 aromatic carbocycles. The molecular weight excluding hydrogens is 546 g/mol. The van der Waals surface area contributed by atoms with Crippen molar-refractivity contribution in [2.45, 2.75) is 49.0 Å². The van der Waals surface area contributed by atoms with Crippen molar-refractivity contribution in [3.63, 3.8) is 0 Å². The van der Waals surface area contributed by atoms with Gasteiger partial charge in [0, 0.05) is 55.8 Å². The number of aryl methyl sites for hydroxylation is 1. The van der Waals surface area contributed by atoms with Gasteiger partial charge in [-0.25, -0.2) is 13.1 Å². The first-order valence-corrected chi connectivity index (χ1v) is 16.3. The maximum atomic E-state index is 13.4. The number of anilines is 1. The fraction of sp³-hybridized carbons (Fsp3) is 0.500. The molecule has 0 saturated carbocycles. The van der Waals surface area contributed by atoms with E-state index in [9.17, 15) is 8.42 Å². The van der Waals surface area contributed by atoms with E-state index < -0.39 is 10.0 Å². The van der Waals surface area contributed by atoms with Gasteiger partial charge >= 0.3 is 0 Å². The minimum absolute atomic E-state index is 0.177. The Kier molecular flexibility index (Phi) is 6.81. The van der Waals surface area contributed by atoms with Crippen LogP contribution < -0.4 is 14.4 Å². The number of sulfonamides is 1. The van der Waals surface area contributed by atoms with E-state index in [0.29, 0.717) is 19.1 Å². The van der Waals surface area contributed by atoms with Crippen molar-refractivity contribution in [1.82, 2.24) is 19.4 Å². The number of rotatable bonds is 0. The van der Waals surface area contributed by atoms with Gasteiger partial charge < -0.3 is 14.5 Å². The summed E-state index contributed by atoms with van der Waals surface area (Å²) in [5, 5.41) is 5.44. The molecule has 1 aromatic heterocycles. The molecule has 1 spiro atoms. The van der Waals surface area contributed by atoms with Gasteiger partial charge in [0.05, 0.1) is 29.4 Å². The molecule has 10 heteroatoms. The molecule has 1 saturated heterocycles. The van der Waals surface area contributed by atoms with Crippen LogP contribution >= 0.6 is 11.6 Å². The number of halogens is 1. The molecule has 4 heterocycles. The number of aromatic nitrogens is 2. The third-order valence-electron chi connectivity index (χ3n) is 9.18. The fourth-order valence-corrected chi connectivity index (χ4v) is 8.39. The van der Waals surface area contributed by atoms with Crippen molar-refractivity contribution in [2.75, 3.05) is 50.8 Å². The molecule has 0 radical (unpaired) electrons. The van der Waals surface area contributed by atoms with E-state index >= 15 is 0 Å². The third-order valence-corrected chi connectivity index (χ3v) is 10.9. The van der Waals surface area contributed by atoms with Crippen molar-refractivity contribution in [3.05, 3.63) is 70.5 Å². The molecule has 1 N–H and O–H groups in total. The Labute approximate surface area is 241 Å². The van der Waals surface area contributed by atoms with E-state index in [2.05, 4.69) is 31.8 Å². The number of hydrogen-bond donors (Lipinski definition) is 1. The quantitative estimate of drug-likeness (QED) is 0.434. The molecule has 3 aliphatic heterocycles. The first kappa shape index (κ1) is 26.3. The number of hydrogen-bond acceptors (Lipinski definition) is 6. The zero-order valence-corrected chi connectivity index (χ0v) is 24.3. The molecule has 3 aromatic rings. The van der Waals surface area contributed by atoms with Crippen molar-refractivity contribution in [1.29, 1.82) is 0 Å². The van der Waals surface area contributed by atoms with E-state index in [4.69, 9.17) is 16.3 Å². The number of nitrogens with one attached hydrogen (secondary N) is 1. The average Bonchev–Trinajstić information content (AvgIpc) is 3.55. The van der Waals surface area contributed by atoms with Crippen molar-refractivity contribution in [2.24, 2.45) is 5.92 Å². The van der Waals surface area contributed by atoms with E-state index in [1.54, 1.807) is 6.07 Å². The topological polar surface area (TPSA) is 79.7 Å². The summed E-state index contributed by atoms with van der Waals surface area (Å²) in [5.41, 5.74) is 4.37. The lowest BCUT2D eigenvalue weighted by atomic mass is 9.70. The summed E-state index contributed by atoms with van der Waals surface area (Å²) in [6.45, 7) is 6.08. The van der Waals surface area contributed by atoms with Crippen LogP contribution in [-0.4, -0.2) is 69.0 Å². The lowest BCUT2D eigenvalue weighted by Gasteiger charge is -2.41. The lowest BCUT2D eigenvalue weighted by Crippen LogP contribution is -2.47. The van der Waals surface area contributed by atoms with Crippen LogP contribution in [0.25, 0.3) is 0 Å². The number of ether oxygens (including phenoxy) is 1. The van der Waals surface area contributed by atoms with Gasteiger partial charge in [-0.1, -0.05) is 17.7 Å². The molecule has 6 bridgehead atoms. The highest BCUT2D eigenvalue weighted by molar-refractivity contribution is 7.89. The molecule has 1 aliphatic carbocycles. The van der Waals surface area contributed by atoms with Gasteiger partial charge in [-0.2, -0.15) is 5.10 Å². The Bertz CT molecular complexity index is 1530. The Morgan fingerprint density at radius 1 is 1.05 bits per heavy atom. The summed E-state index contributed by atoms with van der Waals surface area (Å²) in [6.07, 6.45) is 7.09. The van der Waals surface area contributed by atoms with Crippen LogP contribution in [0, 0.1) is 5.92 Å². The molecule has 3 atom stereocenters. The second-order valence-electron chi connectivity index (χ2n) is 11.9. The number of benzene rings is 2. The maximum Gasteiger partial charge on any atom is 0.240 e. The highest BCUT2D eigenvalue weighted by Gasteiger charge is 2.42. The first-order chi connectivity index (χ1) is 19.4. The SMILES string of the molecule is O=S1(=O)NCCn2ccc(n2)CCN2CCC(C2)CN2C[C@@]3(CCCc4cc(Cl)ccc43)COc3ccc1cc32. The van der Waals surface area contributed by atoms with Crippen LogP contribution in [-0.2, 0) is 34.8 Å². The first-order valence-electron chi connectivity index (χ1n) is 14.4. The monoisotopic (exact) mass is 581 g/mol. The smallest absolute Gasteiger partial charge is 0.240 e. The summed E-state index contributed by atoms with van der Waals surface area (Å²) < 4.78 is 37.9. The van der Waals surface area contributed by atoms with Gasteiger partial charge in [-0.3, -0.25) is 4.68 Å². The van der Waals surface area contributed by atoms with E-state index in [-0.39, 0.29) is 16.9 Å². The normalized spacial score (nSPS) is 27.9. The van der Waals surface area contributed by atoms with Crippen LogP contribution in [0.4, 0.5) is 5.69 Å². The largest absolute Gasteiger partial charge is 0.490 e. The summed E-state index contributed by atoms with van der Waals surface area (Å²) >= 11 is 6.40. The molecule has 8 nitrogen and oxygen atoms in total. The third kappa shape index (κ3) is 5.02. The minimum Gasteiger partial charge on any atom is -0.490 e. The Morgan fingerprint density at radius 2 is 1.98 bits per heavy atom. The molecule has 4 aliphatic rings. The summed E-state index contributed by atoms with van der Waals surface area (Å²) in [4.78, 5) is 5.25. The molecular formula is C30H36ClN5O3S. The number of nitrogens with zero attached hydrogens (tertiary/aromatic N) is 4. The average molecular weight is 582 g/mol. The lowest BCUT2D eigenvalue weighted by molar-refractivity contribution is 0.206. The Morgan fingerprint density at radius 3 is 2.90 bits per heavy atom. The zero-order valence-electron chi connectivity index (χ0n) is 22.7. The predicted molar refractivity (Wildman–Crippen MR) is 156 cm³/mol. The summed E-state index contributed by atoms with van der Waals surface area (Å²) in [7, 11) is -3.70. The highest BCUT2D eigenvalue weighted by atomic mass is 35.5. The molecule has 40 heavy (non-hydrogen) atoms. The highest BCUT2D eigenvalue weighted by Crippen LogP contribution is 2.45. The van der Waals surface area contributed by atoms with Gasteiger partial charge in [-0.05, 0) is 85.7 Å². The van der Waals surface area contributed by atoms with Crippen LogP contribution in [0.3, 0.4) is 0 Å². The van der Waals surface area contributed by atoms with Gasteiger partial charge in [0.1, 0.15) is 5.75 Å². The molecule has 1 fully saturated rings. The van der Waals surface area contributed by atoms with E-state index in [1.165, 1.54) is 11.1 Å². The van der Waals surface area contributed by atoms with Crippen molar-refractivity contribution in [3.8, 4) is 5.75 Å². The van der Waals surface area contributed by atoms with Gasteiger partial charge in [-0.15, -0.1) is 0 Å². The van der Waals surface area contributed by atoms with Crippen molar-refractivity contribution >= 4 is 27.3 Å².